The van der Waals surface area contributed by atoms with E-state index in [1.165, 1.54) is 15.5 Å². The number of β-amino-alcohol motifs (C(OH)–C–C–N with tert-alkyl or cyclic N) is 1. The van der Waals surface area contributed by atoms with Crippen LogP contribution in [0.2, 0.25) is 0 Å². The molecule has 5 heterocycles. The second kappa shape index (κ2) is 26.4. The van der Waals surface area contributed by atoms with Crippen LogP contribution in [-0.4, -0.2) is 123 Å². The summed E-state index contributed by atoms with van der Waals surface area (Å²) in [6, 6.07) is 20.8. The third-order valence-corrected chi connectivity index (χ3v) is 15.8. The smallest absolute Gasteiger partial charge is 0.257 e. The van der Waals surface area contributed by atoms with Crippen LogP contribution in [0, 0.1) is 19.3 Å². The highest BCUT2D eigenvalue weighted by Crippen LogP contribution is 2.33. The monoisotopic (exact) mass is 1090 g/mol. The molecule has 18 nitrogen and oxygen atoms in total. The molecule has 2 aliphatic heterocycles. The molecule has 0 unspecified atom stereocenters. The van der Waals surface area contributed by atoms with Crippen molar-refractivity contribution >= 4 is 69.0 Å². The van der Waals surface area contributed by atoms with Gasteiger partial charge >= 0.3 is 0 Å². The average Bonchev–Trinajstić information content (AvgIpc) is 4.20. The van der Waals surface area contributed by atoms with Gasteiger partial charge in [0.15, 0.2) is 5.65 Å². The first kappa shape index (κ1) is 57.7. The van der Waals surface area contributed by atoms with Gasteiger partial charge in [0.05, 0.1) is 40.7 Å². The van der Waals surface area contributed by atoms with Crippen LogP contribution < -0.4 is 36.5 Å². The molecule has 79 heavy (non-hydrogen) atoms. The summed E-state index contributed by atoms with van der Waals surface area (Å²) in [7, 11) is 1.63. The van der Waals surface area contributed by atoms with Gasteiger partial charge in [-0.2, -0.15) is 4.98 Å². The fourth-order valence-electron chi connectivity index (χ4n) is 10.3. The molecule has 0 bridgehead atoms. The standard InChI is InChI=1S/C60H75N11O7S/c1-8-51(73)64-43-17-16-18-45(32-43)71-53(75)31-39(2)47-36-62-59(67-56(47)71)65-48-25-24-44(33-50(48)78-7)69-29-27-68(28-30-69)26-15-13-11-9-10-12-14-19-52(74)66-55(60(4,5)6)58(77)70-37-46(72)34-49(70)57(76)61-35-41-20-22-42(23-21-41)54-40(3)63-38-79-54/h8,16-18,20-25,31-33,36,38,46,49,55,72H,1,9-15,19,26-30,34-35,37H2,2-7H3,(H,61,76)(H,64,73)(H,66,74)(H,62,65,67)/t46-,49+,55-/m1/s1. The van der Waals surface area contributed by atoms with Gasteiger partial charge in [0, 0.05) is 87.2 Å². The van der Waals surface area contributed by atoms with Crippen molar-refractivity contribution in [3.8, 4) is 21.9 Å². The van der Waals surface area contributed by atoms with E-state index >= 15 is 0 Å². The number of nitrogens with zero attached hydrogens (tertiary/aromatic N) is 7. The molecule has 8 rings (SSSR count). The van der Waals surface area contributed by atoms with Crippen LogP contribution in [-0.2, 0) is 25.7 Å². The summed E-state index contributed by atoms with van der Waals surface area (Å²) in [6.45, 7) is 18.1. The summed E-state index contributed by atoms with van der Waals surface area (Å²) >= 11 is 1.58. The molecule has 19 heteroatoms. The minimum Gasteiger partial charge on any atom is -0.494 e. The predicted octanol–water partition coefficient (Wildman–Crippen LogP) is 8.45. The summed E-state index contributed by atoms with van der Waals surface area (Å²) in [5.41, 5.74) is 7.85. The maximum Gasteiger partial charge on any atom is 0.257 e. The number of pyridine rings is 1. The molecule has 418 valence electrons. The lowest BCUT2D eigenvalue weighted by Gasteiger charge is -2.36. The van der Waals surface area contributed by atoms with Gasteiger partial charge in [-0.1, -0.05) is 89.8 Å². The van der Waals surface area contributed by atoms with Crippen molar-refractivity contribution in [2.75, 3.05) is 61.9 Å². The Labute approximate surface area is 466 Å². The number of carbonyl (C=O) groups excluding carboxylic acids is 4. The second-order valence-corrected chi connectivity index (χ2v) is 22.5. The molecular weight excluding hydrogens is 1020 g/mol. The highest BCUT2D eigenvalue weighted by atomic mass is 32.1. The van der Waals surface area contributed by atoms with Gasteiger partial charge in [-0.05, 0) is 91.7 Å². The number of hydrogen-bond acceptors (Lipinski definition) is 14. The van der Waals surface area contributed by atoms with Gasteiger partial charge in [-0.15, -0.1) is 11.3 Å². The third-order valence-electron chi connectivity index (χ3n) is 14.8. The Bertz CT molecular complexity index is 3180. The number of fused-ring (bicyclic) bond motifs is 1. The molecule has 4 amide bonds. The number of likely N-dealkylation sites (tertiary alicyclic amines) is 1. The number of benzene rings is 3. The van der Waals surface area contributed by atoms with Crippen LogP contribution in [0.1, 0.15) is 95.4 Å². The zero-order chi connectivity index (χ0) is 56.2. The molecule has 0 spiro atoms. The van der Waals surface area contributed by atoms with Crippen molar-refractivity contribution in [2.45, 2.75) is 117 Å². The van der Waals surface area contributed by atoms with Crippen molar-refractivity contribution in [2.24, 2.45) is 5.41 Å². The fraction of sp³-hybridized carbons (Fsp3) is 0.433. The van der Waals surface area contributed by atoms with Gasteiger partial charge in [0.25, 0.3) is 5.56 Å². The SMILES string of the molecule is C=CC(=O)Nc1cccc(-n2c(=O)cc(C)c3cnc(Nc4ccc(N5CCN(CCCCCCCCCC(=O)N[C@H](C(=O)N6C[C@H](O)C[C@H]6C(=O)NCc6ccc(-c7scnc7C)cc6)C(C)(C)C)CC5)cc4OC)nc32)c1. The van der Waals surface area contributed by atoms with E-state index in [0.717, 1.165) is 111 Å². The number of hydrogen-bond donors (Lipinski definition) is 5. The number of carbonyl (C=O) groups is 4. The number of aliphatic hydroxyl groups is 1. The summed E-state index contributed by atoms with van der Waals surface area (Å²) in [5, 5.41) is 23.4. The van der Waals surface area contributed by atoms with E-state index in [4.69, 9.17) is 9.72 Å². The van der Waals surface area contributed by atoms with E-state index in [1.807, 2.05) is 76.5 Å². The van der Waals surface area contributed by atoms with E-state index in [0.29, 0.717) is 46.2 Å². The minimum absolute atomic E-state index is 0.0335. The Balaban J connectivity index is 0.728. The first-order valence-electron chi connectivity index (χ1n) is 27.4. The Morgan fingerprint density at radius 1 is 0.899 bits per heavy atom. The first-order valence-corrected chi connectivity index (χ1v) is 28.3. The van der Waals surface area contributed by atoms with E-state index in [-0.39, 0.29) is 48.7 Å². The quantitative estimate of drug-likeness (QED) is 0.0301. The molecule has 6 aromatic rings. The molecule has 0 aliphatic carbocycles. The maximum absolute atomic E-state index is 14.1. The summed E-state index contributed by atoms with van der Waals surface area (Å²) in [4.78, 5) is 87.5. The van der Waals surface area contributed by atoms with E-state index in [2.05, 4.69) is 53.7 Å². The van der Waals surface area contributed by atoms with Crippen molar-refractivity contribution < 1.29 is 29.0 Å². The minimum atomic E-state index is -0.849. The zero-order valence-electron chi connectivity index (χ0n) is 46.3. The van der Waals surface area contributed by atoms with E-state index < -0.39 is 23.6 Å². The van der Waals surface area contributed by atoms with Crippen molar-refractivity contribution in [1.29, 1.82) is 0 Å². The van der Waals surface area contributed by atoms with Crippen LogP contribution in [0.3, 0.4) is 0 Å². The lowest BCUT2D eigenvalue weighted by Crippen LogP contribution is -2.57. The number of piperazine rings is 1. The molecule has 5 N–H and O–H groups in total. The average molecular weight is 1090 g/mol. The Morgan fingerprint density at radius 3 is 2.33 bits per heavy atom. The summed E-state index contributed by atoms with van der Waals surface area (Å²) in [6.07, 6.45) is 9.71. The number of anilines is 4. The lowest BCUT2D eigenvalue weighted by atomic mass is 9.85. The number of ether oxygens (including phenoxy) is 1. The van der Waals surface area contributed by atoms with Crippen molar-refractivity contribution in [1.82, 2.24) is 40.0 Å². The third kappa shape index (κ3) is 14.8. The lowest BCUT2D eigenvalue weighted by molar-refractivity contribution is -0.144. The normalized spacial score (nSPS) is 16.1. The van der Waals surface area contributed by atoms with Crippen LogP contribution in [0.25, 0.3) is 27.2 Å². The Hall–Kier alpha value is -7.48. The van der Waals surface area contributed by atoms with Crippen molar-refractivity contribution in [3.63, 3.8) is 0 Å². The maximum atomic E-state index is 14.1. The molecule has 2 saturated heterocycles. The summed E-state index contributed by atoms with van der Waals surface area (Å²) in [5.74, 6) is -0.301. The fourth-order valence-corrected chi connectivity index (χ4v) is 11.1. The van der Waals surface area contributed by atoms with E-state index in [1.54, 1.807) is 55.0 Å². The van der Waals surface area contributed by atoms with Gasteiger partial charge in [0.2, 0.25) is 29.6 Å². The highest BCUT2D eigenvalue weighted by Gasteiger charge is 2.44. The molecule has 0 saturated carbocycles. The number of methoxy groups -OCH3 is 1. The number of aryl methyl sites for hydroxylation is 2. The number of unbranched alkanes of at least 4 members (excludes halogenated alkanes) is 6. The highest BCUT2D eigenvalue weighted by molar-refractivity contribution is 7.13. The molecule has 3 aromatic carbocycles. The van der Waals surface area contributed by atoms with Gasteiger partial charge in [-0.25, -0.2) is 9.97 Å². The van der Waals surface area contributed by atoms with Crippen LogP contribution in [0.15, 0.2) is 102 Å². The number of thiazole rings is 1. The molecule has 3 aromatic heterocycles. The molecule has 2 fully saturated rings. The van der Waals surface area contributed by atoms with Crippen LogP contribution in [0.5, 0.6) is 5.75 Å². The number of amides is 4. The molecule has 3 atom stereocenters. The van der Waals surface area contributed by atoms with Gasteiger partial charge in [-0.3, -0.25) is 33.4 Å². The number of aromatic nitrogens is 4. The van der Waals surface area contributed by atoms with Crippen molar-refractivity contribution in [3.05, 3.63) is 124 Å². The molecular formula is C60H75N11O7S. The van der Waals surface area contributed by atoms with Crippen LogP contribution in [0.4, 0.5) is 23.0 Å². The number of nitrogens with one attached hydrogen (secondary N) is 4. The number of aliphatic hydroxyl groups excluding tert-OH is 1. The number of rotatable bonds is 23. The first-order chi connectivity index (χ1) is 38.0. The Morgan fingerprint density at radius 2 is 1.63 bits per heavy atom. The molecule has 0 radical (unpaired) electrons. The topological polar surface area (TPSA) is 216 Å². The van der Waals surface area contributed by atoms with Gasteiger partial charge in [0.1, 0.15) is 17.8 Å². The van der Waals surface area contributed by atoms with Crippen LogP contribution >= 0.6 is 11.3 Å². The predicted molar refractivity (Wildman–Crippen MR) is 312 cm³/mol. The largest absolute Gasteiger partial charge is 0.494 e. The second-order valence-electron chi connectivity index (χ2n) is 21.7. The Kier molecular flexibility index (Phi) is 19.3. The van der Waals surface area contributed by atoms with E-state index in [9.17, 15) is 29.1 Å². The molecule has 2 aliphatic rings. The summed E-state index contributed by atoms with van der Waals surface area (Å²) < 4.78 is 7.35. The zero-order valence-corrected chi connectivity index (χ0v) is 47.2. The van der Waals surface area contributed by atoms with Gasteiger partial charge < -0.3 is 40.9 Å².